The molecule has 3 heterocycles. The SMILES string of the molecule is O=C(c1nccc2ccccc12)N1CCC2(CC1)C[C@@H](O)[C@H](c1ccccc1)NC2=O. The van der Waals surface area contributed by atoms with E-state index in [9.17, 15) is 14.7 Å². The van der Waals surface area contributed by atoms with Crippen molar-refractivity contribution in [3.63, 3.8) is 0 Å². The van der Waals surface area contributed by atoms with Gasteiger partial charge >= 0.3 is 0 Å². The maximum Gasteiger partial charge on any atom is 0.273 e. The van der Waals surface area contributed by atoms with Crippen LogP contribution in [-0.2, 0) is 4.79 Å². The summed E-state index contributed by atoms with van der Waals surface area (Å²) in [5.74, 6) is -0.132. The fourth-order valence-corrected chi connectivity index (χ4v) is 4.98. The number of aromatic nitrogens is 1. The van der Waals surface area contributed by atoms with E-state index in [4.69, 9.17) is 0 Å². The number of carbonyl (C=O) groups excluding carboxylic acids is 2. The fraction of sp³-hybridized carbons (Fsp3) is 0.320. The minimum atomic E-state index is -0.651. The number of pyridine rings is 1. The molecule has 0 radical (unpaired) electrons. The summed E-state index contributed by atoms with van der Waals surface area (Å²) >= 11 is 0. The van der Waals surface area contributed by atoms with Crippen LogP contribution in [0.2, 0.25) is 0 Å². The van der Waals surface area contributed by atoms with E-state index >= 15 is 0 Å². The second-order valence-corrected chi connectivity index (χ2v) is 8.59. The molecule has 158 valence electrons. The molecule has 0 saturated carbocycles. The van der Waals surface area contributed by atoms with E-state index in [0.717, 1.165) is 16.3 Å². The number of hydrogen-bond acceptors (Lipinski definition) is 4. The van der Waals surface area contributed by atoms with Crippen LogP contribution in [0, 0.1) is 5.41 Å². The Morgan fingerprint density at radius 2 is 1.74 bits per heavy atom. The van der Waals surface area contributed by atoms with E-state index in [1.54, 1.807) is 11.1 Å². The summed E-state index contributed by atoms with van der Waals surface area (Å²) in [4.78, 5) is 32.4. The van der Waals surface area contributed by atoms with Gasteiger partial charge in [-0.2, -0.15) is 0 Å². The lowest BCUT2D eigenvalue weighted by Gasteiger charge is -2.46. The smallest absolute Gasteiger partial charge is 0.273 e. The van der Waals surface area contributed by atoms with Gasteiger partial charge in [0.15, 0.2) is 0 Å². The molecule has 0 unspecified atom stereocenters. The Morgan fingerprint density at radius 3 is 2.52 bits per heavy atom. The van der Waals surface area contributed by atoms with Gasteiger partial charge in [0.05, 0.1) is 17.6 Å². The van der Waals surface area contributed by atoms with Crippen LogP contribution >= 0.6 is 0 Å². The predicted molar refractivity (Wildman–Crippen MR) is 117 cm³/mol. The number of rotatable bonds is 2. The van der Waals surface area contributed by atoms with E-state index in [1.807, 2.05) is 60.7 Å². The van der Waals surface area contributed by atoms with Gasteiger partial charge in [0.25, 0.3) is 5.91 Å². The molecule has 3 aromatic rings. The second kappa shape index (κ2) is 7.78. The molecule has 2 fully saturated rings. The molecule has 2 amide bonds. The van der Waals surface area contributed by atoms with Crippen molar-refractivity contribution in [2.24, 2.45) is 5.41 Å². The molecule has 0 aliphatic carbocycles. The number of piperidine rings is 2. The van der Waals surface area contributed by atoms with Gasteiger partial charge < -0.3 is 15.3 Å². The van der Waals surface area contributed by atoms with Crippen LogP contribution in [0.15, 0.2) is 66.9 Å². The van der Waals surface area contributed by atoms with Crippen LogP contribution in [0.25, 0.3) is 10.8 Å². The number of hydrogen-bond donors (Lipinski definition) is 2. The summed E-state index contributed by atoms with van der Waals surface area (Å²) in [6, 6.07) is 18.8. The lowest BCUT2D eigenvalue weighted by atomic mass is 9.69. The van der Waals surface area contributed by atoms with Gasteiger partial charge in [-0.25, -0.2) is 0 Å². The number of benzene rings is 2. The monoisotopic (exact) mass is 415 g/mol. The predicted octanol–water partition coefficient (Wildman–Crippen LogP) is 3.08. The van der Waals surface area contributed by atoms with Crippen LogP contribution in [-0.4, -0.2) is 46.0 Å². The zero-order chi connectivity index (χ0) is 21.4. The number of carbonyl (C=O) groups is 2. The molecule has 6 nitrogen and oxygen atoms in total. The summed E-state index contributed by atoms with van der Waals surface area (Å²) in [5.41, 5.74) is 0.729. The standard InChI is InChI=1S/C25H25N3O3/c29-20-16-25(24(31)27-21(20)18-7-2-1-3-8-18)11-14-28(15-12-25)23(30)22-19-9-5-4-6-17(19)10-13-26-22/h1-10,13,20-21,29H,11-12,14-16H2,(H,27,31)/t20-,21+/m1/s1. The van der Waals surface area contributed by atoms with Crippen molar-refractivity contribution >= 4 is 22.6 Å². The highest BCUT2D eigenvalue weighted by Gasteiger charge is 2.49. The van der Waals surface area contributed by atoms with Crippen LogP contribution in [0.1, 0.15) is 41.4 Å². The molecular weight excluding hydrogens is 390 g/mol. The second-order valence-electron chi connectivity index (χ2n) is 8.59. The van der Waals surface area contributed by atoms with Gasteiger partial charge in [-0.3, -0.25) is 14.6 Å². The lowest BCUT2D eigenvalue weighted by molar-refractivity contribution is -0.143. The van der Waals surface area contributed by atoms with Crippen molar-refractivity contribution < 1.29 is 14.7 Å². The Morgan fingerprint density at radius 1 is 1.03 bits per heavy atom. The maximum absolute atomic E-state index is 13.2. The number of likely N-dealkylation sites (tertiary alicyclic amines) is 1. The van der Waals surface area contributed by atoms with Crippen LogP contribution in [0.4, 0.5) is 0 Å². The fourth-order valence-electron chi connectivity index (χ4n) is 4.98. The van der Waals surface area contributed by atoms with Gasteiger partial charge in [-0.15, -0.1) is 0 Å². The summed E-state index contributed by atoms with van der Waals surface area (Å²) in [5, 5.41) is 15.7. The molecule has 1 aromatic heterocycles. The zero-order valence-corrected chi connectivity index (χ0v) is 17.2. The summed E-state index contributed by atoms with van der Waals surface area (Å²) < 4.78 is 0. The molecule has 0 bridgehead atoms. The third kappa shape index (κ3) is 3.47. The third-order valence-corrected chi connectivity index (χ3v) is 6.80. The number of fused-ring (bicyclic) bond motifs is 1. The molecule has 2 aliphatic heterocycles. The van der Waals surface area contributed by atoms with E-state index in [2.05, 4.69) is 10.3 Å². The van der Waals surface area contributed by atoms with Gasteiger partial charge in [0.1, 0.15) is 5.69 Å². The maximum atomic E-state index is 13.2. The van der Waals surface area contributed by atoms with Crippen molar-refractivity contribution in [3.8, 4) is 0 Å². The molecule has 2 aliphatic rings. The van der Waals surface area contributed by atoms with Crippen molar-refractivity contribution in [2.45, 2.75) is 31.4 Å². The minimum absolute atomic E-state index is 0.0259. The van der Waals surface area contributed by atoms with E-state index in [1.165, 1.54) is 0 Å². The topological polar surface area (TPSA) is 82.5 Å². The highest BCUT2D eigenvalue weighted by atomic mass is 16.3. The van der Waals surface area contributed by atoms with Gasteiger partial charge in [0, 0.05) is 24.7 Å². The Balaban J connectivity index is 1.31. The summed E-state index contributed by atoms with van der Waals surface area (Å²) in [6.45, 7) is 0.944. The normalized spacial score (nSPS) is 23.0. The van der Waals surface area contributed by atoms with Crippen molar-refractivity contribution in [1.82, 2.24) is 15.2 Å². The summed E-state index contributed by atoms with van der Waals surface area (Å²) in [6.07, 6.45) is 2.49. The first kappa shape index (κ1) is 19.7. The van der Waals surface area contributed by atoms with Gasteiger partial charge in [-0.05, 0) is 36.3 Å². The Labute approximate surface area is 180 Å². The molecule has 2 saturated heterocycles. The quantitative estimate of drug-likeness (QED) is 0.674. The molecular formula is C25H25N3O3. The zero-order valence-electron chi connectivity index (χ0n) is 17.2. The van der Waals surface area contributed by atoms with Crippen LogP contribution < -0.4 is 5.32 Å². The highest BCUT2D eigenvalue weighted by molar-refractivity contribution is 6.05. The number of amides is 2. The molecule has 31 heavy (non-hydrogen) atoms. The molecule has 2 N–H and O–H groups in total. The van der Waals surface area contributed by atoms with E-state index in [-0.39, 0.29) is 17.9 Å². The first-order valence-corrected chi connectivity index (χ1v) is 10.7. The third-order valence-electron chi connectivity index (χ3n) is 6.80. The van der Waals surface area contributed by atoms with Gasteiger partial charge in [-0.1, -0.05) is 54.6 Å². The molecule has 2 atom stereocenters. The largest absolute Gasteiger partial charge is 0.391 e. The average Bonchev–Trinajstić information content (AvgIpc) is 2.82. The molecule has 2 aromatic carbocycles. The molecule has 1 spiro atoms. The highest BCUT2D eigenvalue weighted by Crippen LogP contribution is 2.42. The molecule has 6 heteroatoms. The van der Waals surface area contributed by atoms with E-state index < -0.39 is 11.5 Å². The lowest BCUT2D eigenvalue weighted by Crippen LogP contribution is -2.57. The van der Waals surface area contributed by atoms with Gasteiger partial charge in [0.2, 0.25) is 5.91 Å². The average molecular weight is 415 g/mol. The van der Waals surface area contributed by atoms with Crippen molar-refractivity contribution in [2.75, 3.05) is 13.1 Å². The minimum Gasteiger partial charge on any atom is -0.391 e. The number of aliphatic hydroxyl groups excluding tert-OH is 1. The first-order chi connectivity index (χ1) is 15.1. The van der Waals surface area contributed by atoms with Crippen LogP contribution in [0.3, 0.4) is 0 Å². The van der Waals surface area contributed by atoms with E-state index in [0.29, 0.717) is 38.0 Å². The number of aliphatic hydroxyl groups is 1. The van der Waals surface area contributed by atoms with Crippen LogP contribution in [0.5, 0.6) is 0 Å². The Kier molecular flexibility index (Phi) is 4.94. The Bertz CT molecular complexity index is 1120. The Hall–Kier alpha value is -3.25. The molecule has 5 rings (SSSR count). The number of nitrogens with zero attached hydrogens (tertiary/aromatic N) is 2. The number of nitrogens with one attached hydrogen (secondary N) is 1. The first-order valence-electron chi connectivity index (χ1n) is 10.7. The summed E-state index contributed by atoms with van der Waals surface area (Å²) in [7, 11) is 0. The van der Waals surface area contributed by atoms with Crippen molar-refractivity contribution in [3.05, 3.63) is 78.1 Å². The van der Waals surface area contributed by atoms with Crippen molar-refractivity contribution in [1.29, 1.82) is 0 Å².